The molecule has 0 atom stereocenters. The molecule has 0 aliphatic rings. The summed E-state index contributed by atoms with van der Waals surface area (Å²) in [4.78, 5) is 3.31. The highest BCUT2D eigenvalue weighted by Gasteiger charge is 2.26. The molecule has 0 aliphatic heterocycles. The Morgan fingerprint density at radius 1 is 1.42 bits per heavy atom. The van der Waals surface area contributed by atoms with Crippen molar-refractivity contribution in [2.45, 2.75) is 23.9 Å². The lowest BCUT2D eigenvalue weighted by Gasteiger charge is -2.08. The maximum Gasteiger partial charge on any atom is 0.389 e. The molecule has 1 aromatic heterocycles. The molecule has 0 spiro atoms. The Labute approximate surface area is 113 Å². The molecule has 19 heavy (non-hydrogen) atoms. The van der Waals surface area contributed by atoms with Crippen LogP contribution in [0.2, 0.25) is 5.02 Å². The molecule has 0 aromatic carbocycles. The highest BCUT2D eigenvalue weighted by atomic mass is 35.5. The zero-order valence-corrected chi connectivity index (χ0v) is 11.1. The maximum absolute atomic E-state index is 11.9. The van der Waals surface area contributed by atoms with E-state index in [-0.39, 0.29) is 28.7 Å². The third-order valence-corrected chi connectivity index (χ3v) is 3.81. The maximum atomic E-state index is 11.9. The minimum absolute atomic E-state index is 0.0299. The fourth-order valence-corrected chi connectivity index (χ4v) is 2.43. The normalized spacial score (nSPS) is 12.6. The van der Waals surface area contributed by atoms with E-state index in [2.05, 4.69) is 4.98 Å². The number of nitrogens with zero attached hydrogens (tertiary/aromatic N) is 1. The molecule has 1 rings (SSSR count). The molecular formula is C9H11ClF3N3O2S. The number of alkyl halides is 3. The quantitative estimate of drug-likeness (QED) is 0.813. The van der Waals surface area contributed by atoms with Gasteiger partial charge in [0.2, 0.25) is 10.0 Å². The highest BCUT2D eigenvalue weighted by Crippen LogP contribution is 2.22. The van der Waals surface area contributed by atoms with Gasteiger partial charge in [-0.15, -0.1) is 0 Å². The fraction of sp³-hybridized carbons (Fsp3) is 0.444. The van der Waals surface area contributed by atoms with Gasteiger partial charge < -0.3 is 5.73 Å². The third kappa shape index (κ3) is 5.21. The summed E-state index contributed by atoms with van der Waals surface area (Å²) in [5.41, 5.74) is 5.32. The molecule has 10 heteroatoms. The van der Waals surface area contributed by atoms with E-state index >= 15 is 0 Å². The number of aromatic nitrogens is 1. The van der Waals surface area contributed by atoms with E-state index in [0.717, 1.165) is 12.3 Å². The van der Waals surface area contributed by atoms with Gasteiger partial charge in [-0.2, -0.15) is 13.2 Å². The van der Waals surface area contributed by atoms with Crippen molar-refractivity contribution in [2.24, 2.45) is 0 Å². The first kappa shape index (κ1) is 16.0. The number of nitrogen functional groups attached to an aromatic ring is 1. The van der Waals surface area contributed by atoms with Gasteiger partial charge in [-0.25, -0.2) is 18.1 Å². The van der Waals surface area contributed by atoms with E-state index in [1.165, 1.54) is 0 Å². The van der Waals surface area contributed by atoms with Crippen LogP contribution in [0.15, 0.2) is 17.2 Å². The van der Waals surface area contributed by atoms with Crippen LogP contribution in [0, 0.1) is 0 Å². The average Bonchev–Trinajstić information content (AvgIpc) is 2.27. The molecule has 3 N–H and O–H groups in total. The van der Waals surface area contributed by atoms with Crippen LogP contribution < -0.4 is 10.5 Å². The van der Waals surface area contributed by atoms with Crippen LogP contribution in [0.1, 0.15) is 12.8 Å². The number of anilines is 1. The van der Waals surface area contributed by atoms with Gasteiger partial charge in [0.15, 0.2) is 0 Å². The summed E-state index contributed by atoms with van der Waals surface area (Å²) in [5, 5.41) is -0.0434. The first-order chi connectivity index (χ1) is 8.62. The van der Waals surface area contributed by atoms with Crippen LogP contribution in [-0.4, -0.2) is 26.1 Å². The second-order valence-corrected chi connectivity index (χ2v) is 5.83. The van der Waals surface area contributed by atoms with Crippen LogP contribution >= 0.6 is 11.6 Å². The fourth-order valence-electron chi connectivity index (χ4n) is 1.16. The van der Waals surface area contributed by atoms with E-state index in [4.69, 9.17) is 17.3 Å². The van der Waals surface area contributed by atoms with E-state index < -0.39 is 22.6 Å². The number of pyridine rings is 1. The number of rotatable bonds is 5. The SMILES string of the molecule is Nc1ncc(S(=O)(=O)NCCCC(F)(F)F)cc1Cl. The molecular weight excluding hydrogens is 307 g/mol. The number of hydrogen-bond acceptors (Lipinski definition) is 4. The third-order valence-electron chi connectivity index (χ3n) is 2.08. The van der Waals surface area contributed by atoms with Crippen molar-refractivity contribution >= 4 is 27.4 Å². The Hall–Kier alpha value is -1.06. The van der Waals surface area contributed by atoms with Crippen LogP contribution in [0.5, 0.6) is 0 Å². The lowest BCUT2D eigenvalue weighted by Crippen LogP contribution is -2.26. The largest absolute Gasteiger partial charge is 0.389 e. The summed E-state index contributed by atoms with van der Waals surface area (Å²) in [6, 6.07) is 1.08. The summed E-state index contributed by atoms with van der Waals surface area (Å²) in [5.74, 6) is -0.0299. The molecule has 1 aromatic rings. The zero-order chi connectivity index (χ0) is 14.7. The molecule has 0 amide bonds. The Kier molecular flexibility index (Phi) is 4.99. The predicted molar refractivity (Wildman–Crippen MR) is 64.1 cm³/mol. The van der Waals surface area contributed by atoms with Gasteiger partial charge in [0.25, 0.3) is 0 Å². The predicted octanol–water partition coefficient (Wildman–Crippen LogP) is 1.94. The first-order valence-corrected chi connectivity index (χ1v) is 6.95. The zero-order valence-electron chi connectivity index (χ0n) is 9.54. The second-order valence-electron chi connectivity index (χ2n) is 3.65. The van der Waals surface area contributed by atoms with Crippen LogP contribution in [0.4, 0.5) is 19.0 Å². The molecule has 0 bridgehead atoms. The van der Waals surface area contributed by atoms with Gasteiger partial charge in [-0.3, -0.25) is 0 Å². The summed E-state index contributed by atoms with van der Waals surface area (Å²) in [6.45, 7) is -0.330. The Morgan fingerprint density at radius 2 is 2.05 bits per heavy atom. The van der Waals surface area contributed by atoms with E-state index in [1.807, 2.05) is 4.72 Å². The standard InChI is InChI=1S/C9H11ClF3N3O2S/c10-7-4-6(5-15-8(7)14)19(17,18)16-3-1-2-9(11,12)13/h4-5,16H,1-3H2,(H2,14,15). The van der Waals surface area contributed by atoms with Crippen molar-refractivity contribution in [3.8, 4) is 0 Å². The molecule has 1 heterocycles. The van der Waals surface area contributed by atoms with Gasteiger partial charge in [-0.1, -0.05) is 11.6 Å². The summed E-state index contributed by atoms with van der Waals surface area (Å²) < 4.78 is 61.0. The van der Waals surface area contributed by atoms with Crippen LogP contribution in [0.3, 0.4) is 0 Å². The molecule has 0 aliphatic carbocycles. The van der Waals surface area contributed by atoms with E-state index in [0.29, 0.717) is 0 Å². The highest BCUT2D eigenvalue weighted by molar-refractivity contribution is 7.89. The minimum Gasteiger partial charge on any atom is -0.382 e. The van der Waals surface area contributed by atoms with Crippen molar-refractivity contribution in [3.63, 3.8) is 0 Å². The first-order valence-electron chi connectivity index (χ1n) is 5.09. The molecule has 0 radical (unpaired) electrons. The lowest BCUT2D eigenvalue weighted by atomic mass is 10.3. The summed E-state index contributed by atoms with van der Waals surface area (Å²) in [7, 11) is -3.94. The van der Waals surface area contributed by atoms with Gasteiger partial charge in [0, 0.05) is 19.2 Å². The van der Waals surface area contributed by atoms with Crippen LogP contribution in [-0.2, 0) is 10.0 Å². The number of hydrogen-bond donors (Lipinski definition) is 2. The summed E-state index contributed by atoms with van der Waals surface area (Å²) >= 11 is 5.61. The molecule has 0 saturated carbocycles. The van der Waals surface area contributed by atoms with Crippen molar-refractivity contribution in [3.05, 3.63) is 17.3 Å². The molecule has 0 fully saturated rings. The minimum atomic E-state index is -4.31. The molecule has 0 unspecified atom stereocenters. The van der Waals surface area contributed by atoms with Crippen molar-refractivity contribution in [1.82, 2.24) is 9.71 Å². The molecule has 0 saturated heterocycles. The van der Waals surface area contributed by atoms with E-state index in [9.17, 15) is 21.6 Å². The average molecular weight is 318 g/mol. The van der Waals surface area contributed by atoms with Gasteiger partial charge in [0.1, 0.15) is 10.7 Å². The van der Waals surface area contributed by atoms with Crippen molar-refractivity contribution < 1.29 is 21.6 Å². The Morgan fingerprint density at radius 3 is 2.58 bits per heavy atom. The smallest absolute Gasteiger partial charge is 0.382 e. The lowest BCUT2D eigenvalue weighted by molar-refractivity contribution is -0.135. The van der Waals surface area contributed by atoms with E-state index in [1.54, 1.807) is 0 Å². The topological polar surface area (TPSA) is 85.1 Å². The van der Waals surface area contributed by atoms with Crippen LogP contribution in [0.25, 0.3) is 0 Å². The molecule has 108 valence electrons. The van der Waals surface area contributed by atoms with Gasteiger partial charge in [-0.05, 0) is 12.5 Å². The Balaban J connectivity index is 2.63. The number of sulfonamides is 1. The number of nitrogens with one attached hydrogen (secondary N) is 1. The number of halogens is 4. The van der Waals surface area contributed by atoms with Gasteiger partial charge in [0.05, 0.1) is 5.02 Å². The van der Waals surface area contributed by atoms with Gasteiger partial charge >= 0.3 is 6.18 Å². The molecule has 5 nitrogen and oxygen atoms in total. The Bertz CT molecular complexity index is 548. The second kappa shape index (κ2) is 5.93. The number of nitrogens with two attached hydrogens (primary N) is 1. The van der Waals surface area contributed by atoms with Crippen molar-refractivity contribution in [2.75, 3.05) is 12.3 Å². The summed E-state index contributed by atoms with van der Waals surface area (Å²) in [6.07, 6.45) is -4.74. The van der Waals surface area contributed by atoms with Crippen molar-refractivity contribution in [1.29, 1.82) is 0 Å². The monoisotopic (exact) mass is 317 g/mol.